The Morgan fingerprint density at radius 3 is 3.00 bits per heavy atom. The molecule has 0 spiro atoms. The molecule has 3 rings (SSSR count). The van der Waals surface area contributed by atoms with E-state index in [2.05, 4.69) is 10.4 Å². The number of aryl methyl sites for hydroxylation is 1. The lowest BCUT2D eigenvalue weighted by Gasteiger charge is -2.24. The zero-order chi connectivity index (χ0) is 8.84. The molecule has 2 heterocycles. The van der Waals surface area contributed by atoms with Crippen LogP contribution in [0.4, 0.5) is 5.82 Å². The lowest BCUT2D eigenvalue weighted by molar-refractivity contribution is 0.405. The molecule has 1 saturated carbocycles. The Morgan fingerprint density at radius 2 is 2.31 bits per heavy atom. The Kier molecular flexibility index (Phi) is 1.43. The van der Waals surface area contributed by atoms with Crippen molar-refractivity contribution >= 4 is 5.82 Å². The molecule has 0 bridgehead atoms. The third-order valence-electron chi connectivity index (χ3n) is 3.34. The van der Waals surface area contributed by atoms with Crippen molar-refractivity contribution in [3.05, 3.63) is 11.3 Å². The van der Waals surface area contributed by atoms with Crippen molar-refractivity contribution in [3.63, 3.8) is 0 Å². The van der Waals surface area contributed by atoms with E-state index >= 15 is 0 Å². The van der Waals surface area contributed by atoms with E-state index in [1.54, 1.807) is 0 Å². The smallest absolute Gasteiger partial charge is 0.127 e. The molecule has 70 valence electrons. The Morgan fingerprint density at radius 1 is 1.46 bits per heavy atom. The van der Waals surface area contributed by atoms with Gasteiger partial charge in [0.15, 0.2) is 0 Å². The molecule has 1 aromatic heterocycles. The summed E-state index contributed by atoms with van der Waals surface area (Å²) in [5, 5.41) is 8.00. The number of anilines is 1. The minimum atomic E-state index is 0.773. The quantitative estimate of drug-likeness (QED) is 0.707. The van der Waals surface area contributed by atoms with Crippen molar-refractivity contribution in [2.45, 2.75) is 31.6 Å². The van der Waals surface area contributed by atoms with Crippen molar-refractivity contribution in [3.8, 4) is 0 Å². The van der Waals surface area contributed by atoms with Crippen LogP contribution in [-0.2, 0) is 13.5 Å². The molecule has 3 heteroatoms. The topological polar surface area (TPSA) is 29.9 Å². The van der Waals surface area contributed by atoms with Gasteiger partial charge < -0.3 is 5.32 Å². The van der Waals surface area contributed by atoms with Gasteiger partial charge in [-0.2, -0.15) is 5.10 Å². The van der Waals surface area contributed by atoms with Crippen molar-refractivity contribution in [2.24, 2.45) is 7.05 Å². The van der Waals surface area contributed by atoms with E-state index in [1.165, 1.54) is 42.8 Å². The average molecular weight is 177 g/mol. The molecule has 0 amide bonds. The maximum Gasteiger partial charge on any atom is 0.127 e. The maximum absolute atomic E-state index is 4.61. The van der Waals surface area contributed by atoms with Crippen LogP contribution < -0.4 is 5.32 Å². The molecule has 13 heavy (non-hydrogen) atoms. The van der Waals surface area contributed by atoms with E-state index < -0.39 is 0 Å². The van der Waals surface area contributed by atoms with Gasteiger partial charge in [-0.05, 0) is 19.3 Å². The minimum Gasteiger partial charge on any atom is -0.370 e. The van der Waals surface area contributed by atoms with E-state index in [4.69, 9.17) is 0 Å². The standard InChI is InChI=1S/C10H15N3/c1-13-10-8(5-6-11-10)9(12-13)7-3-2-4-7/h7,11H,2-6H2,1H3. The molecule has 1 fully saturated rings. The number of rotatable bonds is 1. The van der Waals surface area contributed by atoms with Crippen LogP contribution in [0.3, 0.4) is 0 Å². The molecular formula is C10H15N3. The molecule has 0 atom stereocenters. The highest BCUT2D eigenvalue weighted by Crippen LogP contribution is 2.40. The van der Waals surface area contributed by atoms with Gasteiger partial charge in [0.1, 0.15) is 5.82 Å². The van der Waals surface area contributed by atoms with Gasteiger partial charge in [-0.15, -0.1) is 0 Å². The molecule has 1 aromatic rings. The summed E-state index contributed by atoms with van der Waals surface area (Å²) in [5.74, 6) is 2.04. The van der Waals surface area contributed by atoms with Crippen molar-refractivity contribution < 1.29 is 0 Å². The fourth-order valence-corrected chi connectivity index (χ4v) is 2.37. The summed E-state index contributed by atoms with van der Waals surface area (Å²) in [6.07, 6.45) is 5.27. The molecular weight excluding hydrogens is 162 g/mol. The second-order valence-electron chi connectivity index (χ2n) is 4.14. The minimum absolute atomic E-state index is 0.773. The summed E-state index contributed by atoms with van der Waals surface area (Å²) in [6.45, 7) is 1.10. The van der Waals surface area contributed by atoms with E-state index in [0.717, 1.165) is 12.5 Å². The number of nitrogens with one attached hydrogen (secondary N) is 1. The van der Waals surface area contributed by atoms with E-state index in [1.807, 2.05) is 11.7 Å². The van der Waals surface area contributed by atoms with Gasteiger partial charge in [-0.1, -0.05) is 6.42 Å². The number of nitrogens with zero attached hydrogens (tertiary/aromatic N) is 2. The van der Waals surface area contributed by atoms with E-state index in [9.17, 15) is 0 Å². The Hall–Kier alpha value is -0.990. The van der Waals surface area contributed by atoms with Gasteiger partial charge >= 0.3 is 0 Å². The van der Waals surface area contributed by atoms with Crippen LogP contribution in [0, 0.1) is 0 Å². The van der Waals surface area contributed by atoms with Crippen LogP contribution in [0.2, 0.25) is 0 Å². The second-order valence-corrected chi connectivity index (χ2v) is 4.14. The van der Waals surface area contributed by atoms with Crippen LogP contribution in [0.1, 0.15) is 36.4 Å². The second kappa shape index (κ2) is 2.50. The molecule has 3 nitrogen and oxygen atoms in total. The lowest BCUT2D eigenvalue weighted by atomic mass is 9.81. The Labute approximate surface area is 78.1 Å². The van der Waals surface area contributed by atoms with Crippen LogP contribution in [0.25, 0.3) is 0 Å². The lowest BCUT2D eigenvalue weighted by Crippen LogP contribution is -2.12. The first kappa shape index (κ1) is 7.42. The molecule has 1 aliphatic heterocycles. The summed E-state index contributed by atoms with van der Waals surface area (Å²) < 4.78 is 2.01. The molecule has 0 aromatic carbocycles. The largest absolute Gasteiger partial charge is 0.370 e. The highest BCUT2D eigenvalue weighted by atomic mass is 15.3. The molecule has 1 N–H and O–H groups in total. The first-order chi connectivity index (χ1) is 6.36. The van der Waals surface area contributed by atoms with Crippen LogP contribution >= 0.6 is 0 Å². The third-order valence-corrected chi connectivity index (χ3v) is 3.34. The van der Waals surface area contributed by atoms with Gasteiger partial charge in [0, 0.05) is 25.1 Å². The highest BCUT2D eigenvalue weighted by Gasteiger charge is 2.29. The SMILES string of the molecule is Cn1nc(C2CCC2)c2c1NCC2. The van der Waals surface area contributed by atoms with E-state index in [-0.39, 0.29) is 0 Å². The van der Waals surface area contributed by atoms with Gasteiger partial charge in [0.25, 0.3) is 0 Å². The zero-order valence-corrected chi connectivity index (χ0v) is 8.01. The van der Waals surface area contributed by atoms with Crippen molar-refractivity contribution in [1.82, 2.24) is 9.78 Å². The summed E-state index contributed by atoms with van der Waals surface area (Å²) in [6, 6.07) is 0. The zero-order valence-electron chi connectivity index (χ0n) is 8.01. The molecule has 2 aliphatic rings. The number of fused-ring (bicyclic) bond motifs is 1. The average Bonchev–Trinajstić information content (AvgIpc) is 2.53. The monoisotopic (exact) mass is 177 g/mol. The third kappa shape index (κ3) is 0.929. The predicted octanol–water partition coefficient (Wildman–Crippen LogP) is 1.66. The Bertz CT molecular complexity index is 336. The molecule has 0 radical (unpaired) electrons. The Balaban J connectivity index is 2.04. The number of hydrogen-bond acceptors (Lipinski definition) is 2. The van der Waals surface area contributed by atoms with E-state index in [0.29, 0.717) is 0 Å². The first-order valence-corrected chi connectivity index (χ1v) is 5.16. The van der Waals surface area contributed by atoms with Crippen molar-refractivity contribution in [2.75, 3.05) is 11.9 Å². The summed E-state index contributed by atoms with van der Waals surface area (Å²) in [7, 11) is 2.04. The molecule has 0 unspecified atom stereocenters. The fourth-order valence-electron chi connectivity index (χ4n) is 2.37. The molecule has 0 saturated heterocycles. The normalized spacial score (nSPS) is 21.0. The summed E-state index contributed by atoms with van der Waals surface area (Å²) in [5.41, 5.74) is 2.88. The predicted molar refractivity (Wildman–Crippen MR) is 52.0 cm³/mol. The summed E-state index contributed by atoms with van der Waals surface area (Å²) in [4.78, 5) is 0. The van der Waals surface area contributed by atoms with Crippen LogP contribution in [0.5, 0.6) is 0 Å². The maximum atomic E-state index is 4.61. The van der Waals surface area contributed by atoms with Crippen LogP contribution in [0.15, 0.2) is 0 Å². The van der Waals surface area contributed by atoms with Gasteiger partial charge in [-0.25, -0.2) is 0 Å². The molecule has 1 aliphatic carbocycles. The highest BCUT2D eigenvalue weighted by molar-refractivity contribution is 5.53. The van der Waals surface area contributed by atoms with Gasteiger partial charge in [0.2, 0.25) is 0 Å². The fraction of sp³-hybridized carbons (Fsp3) is 0.700. The van der Waals surface area contributed by atoms with Crippen molar-refractivity contribution in [1.29, 1.82) is 0 Å². The summed E-state index contributed by atoms with van der Waals surface area (Å²) >= 11 is 0. The van der Waals surface area contributed by atoms with Gasteiger partial charge in [-0.3, -0.25) is 4.68 Å². The van der Waals surface area contributed by atoms with Crippen LogP contribution in [-0.4, -0.2) is 16.3 Å². The number of hydrogen-bond donors (Lipinski definition) is 1. The first-order valence-electron chi connectivity index (χ1n) is 5.16. The number of aromatic nitrogens is 2. The van der Waals surface area contributed by atoms with Gasteiger partial charge in [0.05, 0.1) is 5.69 Å².